The van der Waals surface area contributed by atoms with Crippen molar-refractivity contribution in [2.24, 2.45) is 5.92 Å². The van der Waals surface area contributed by atoms with Crippen LogP contribution < -0.4 is 0 Å². The molecule has 1 unspecified atom stereocenters. The van der Waals surface area contributed by atoms with E-state index in [1.807, 2.05) is 0 Å². The van der Waals surface area contributed by atoms with E-state index in [9.17, 15) is 9.59 Å². The third kappa shape index (κ3) is 7.69. The van der Waals surface area contributed by atoms with Crippen LogP contribution in [-0.4, -0.2) is 30.5 Å². The summed E-state index contributed by atoms with van der Waals surface area (Å²) in [5.74, 6) is -1.71. The highest BCUT2D eigenvalue weighted by molar-refractivity contribution is 9.09. The summed E-state index contributed by atoms with van der Waals surface area (Å²) in [6.07, 6.45) is 4.56. The summed E-state index contributed by atoms with van der Waals surface area (Å²) in [5.41, 5.74) is 0. The first-order chi connectivity index (χ1) is 8.67. The standard InChI is InChI=1S/C13H23BrO4/c1-3-11(12(15)17-4-2)13(16)18-10-8-6-5-7-9-14/h11H,3-10H2,1-2H3. The number of carbonyl (C=O) groups is 2. The molecule has 0 amide bonds. The van der Waals surface area contributed by atoms with Crippen LogP contribution in [0.2, 0.25) is 0 Å². The molecule has 0 saturated carbocycles. The van der Waals surface area contributed by atoms with Gasteiger partial charge in [-0.1, -0.05) is 35.7 Å². The maximum atomic E-state index is 11.6. The molecule has 0 bridgehead atoms. The molecule has 5 heteroatoms. The third-order valence-corrected chi connectivity index (χ3v) is 3.10. The molecule has 0 heterocycles. The lowest BCUT2D eigenvalue weighted by Gasteiger charge is -2.12. The zero-order valence-electron chi connectivity index (χ0n) is 11.2. The Kier molecular flexibility index (Phi) is 11.1. The van der Waals surface area contributed by atoms with Crippen molar-refractivity contribution in [3.8, 4) is 0 Å². The quantitative estimate of drug-likeness (QED) is 0.268. The van der Waals surface area contributed by atoms with Gasteiger partial charge in [-0.05, 0) is 26.2 Å². The van der Waals surface area contributed by atoms with E-state index in [2.05, 4.69) is 15.9 Å². The van der Waals surface area contributed by atoms with Crippen molar-refractivity contribution in [3.05, 3.63) is 0 Å². The average Bonchev–Trinajstić information content (AvgIpc) is 2.35. The van der Waals surface area contributed by atoms with E-state index in [0.29, 0.717) is 13.0 Å². The van der Waals surface area contributed by atoms with Crippen LogP contribution in [0.1, 0.15) is 46.0 Å². The van der Waals surface area contributed by atoms with Crippen molar-refractivity contribution >= 4 is 27.9 Å². The van der Waals surface area contributed by atoms with E-state index >= 15 is 0 Å². The second-order valence-electron chi connectivity index (χ2n) is 3.98. The van der Waals surface area contributed by atoms with Gasteiger partial charge in [0.2, 0.25) is 0 Å². The molecular formula is C13H23BrO4. The zero-order chi connectivity index (χ0) is 13.8. The molecular weight excluding hydrogens is 300 g/mol. The number of hydrogen-bond acceptors (Lipinski definition) is 4. The lowest BCUT2D eigenvalue weighted by molar-refractivity contribution is -0.162. The monoisotopic (exact) mass is 322 g/mol. The minimum absolute atomic E-state index is 0.287. The van der Waals surface area contributed by atoms with Gasteiger partial charge < -0.3 is 9.47 Å². The predicted octanol–water partition coefficient (Wildman–Crippen LogP) is 3.07. The normalized spacial score (nSPS) is 11.9. The zero-order valence-corrected chi connectivity index (χ0v) is 12.8. The molecule has 18 heavy (non-hydrogen) atoms. The lowest BCUT2D eigenvalue weighted by atomic mass is 10.1. The van der Waals surface area contributed by atoms with Crippen LogP contribution in [-0.2, 0) is 19.1 Å². The number of unbranched alkanes of at least 4 members (excludes halogenated alkanes) is 3. The highest BCUT2D eigenvalue weighted by Crippen LogP contribution is 2.09. The molecule has 0 aliphatic rings. The molecule has 0 aromatic heterocycles. The number of carbonyl (C=O) groups excluding carboxylic acids is 2. The van der Waals surface area contributed by atoms with Crippen LogP contribution >= 0.6 is 15.9 Å². The van der Waals surface area contributed by atoms with Crippen molar-refractivity contribution < 1.29 is 19.1 Å². The number of halogens is 1. The molecule has 106 valence electrons. The molecule has 0 aliphatic carbocycles. The number of esters is 2. The van der Waals surface area contributed by atoms with Gasteiger partial charge in [-0.2, -0.15) is 0 Å². The van der Waals surface area contributed by atoms with Crippen molar-refractivity contribution in [1.29, 1.82) is 0 Å². The third-order valence-electron chi connectivity index (χ3n) is 2.54. The maximum Gasteiger partial charge on any atom is 0.320 e. The smallest absolute Gasteiger partial charge is 0.320 e. The maximum absolute atomic E-state index is 11.6. The van der Waals surface area contributed by atoms with Crippen LogP contribution in [0.3, 0.4) is 0 Å². The molecule has 0 N–H and O–H groups in total. The molecule has 0 radical (unpaired) electrons. The van der Waals surface area contributed by atoms with Crippen LogP contribution in [0.4, 0.5) is 0 Å². The Morgan fingerprint density at radius 3 is 2.17 bits per heavy atom. The highest BCUT2D eigenvalue weighted by Gasteiger charge is 2.27. The van der Waals surface area contributed by atoms with Crippen LogP contribution in [0, 0.1) is 5.92 Å². The second-order valence-corrected chi connectivity index (χ2v) is 4.78. The Morgan fingerprint density at radius 2 is 1.61 bits per heavy atom. The summed E-state index contributed by atoms with van der Waals surface area (Å²) in [6.45, 7) is 4.17. The first-order valence-corrected chi connectivity index (χ1v) is 7.68. The molecule has 0 aromatic rings. The van der Waals surface area contributed by atoms with Gasteiger partial charge in [-0.25, -0.2) is 0 Å². The van der Waals surface area contributed by atoms with Gasteiger partial charge in [-0.15, -0.1) is 0 Å². The number of hydrogen-bond donors (Lipinski definition) is 0. The molecule has 0 fully saturated rings. The van der Waals surface area contributed by atoms with Gasteiger partial charge in [0.15, 0.2) is 5.92 Å². The number of rotatable bonds is 10. The molecule has 4 nitrogen and oxygen atoms in total. The summed E-state index contributed by atoms with van der Waals surface area (Å²) in [7, 11) is 0. The van der Waals surface area contributed by atoms with E-state index in [1.54, 1.807) is 13.8 Å². The summed E-state index contributed by atoms with van der Waals surface area (Å²) >= 11 is 3.36. The average molecular weight is 323 g/mol. The SMILES string of the molecule is CCOC(=O)C(CC)C(=O)OCCCCCCBr. The molecule has 0 spiro atoms. The number of ether oxygens (including phenoxy) is 2. The van der Waals surface area contributed by atoms with E-state index in [0.717, 1.165) is 31.0 Å². The van der Waals surface area contributed by atoms with Gasteiger partial charge in [0.1, 0.15) is 0 Å². The fourth-order valence-corrected chi connectivity index (χ4v) is 1.89. The van der Waals surface area contributed by atoms with E-state index in [-0.39, 0.29) is 6.61 Å². The predicted molar refractivity (Wildman–Crippen MR) is 73.6 cm³/mol. The summed E-state index contributed by atoms with van der Waals surface area (Å²) in [6, 6.07) is 0. The minimum Gasteiger partial charge on any atom is -0.465 e. The molecule has 0 saturated heterocycles. The van der Waals surface area contributed by atoms with E-state index in [4.69, 9.17) is 9.47 Å². The van der Waals surface area contributed by atoms with Gasteiger partial charge in [-0.3, -0.25) is 9.59 Å². The Bertz CT molecular complexity index is 243. The Morgan fingerprint density at radius 1 is 1.00 bits per heavy atom. The highest BCUT2D eigenvalue weighted by atomic mass is 79.9. The largest absolute Gasteiger partial charge is 0.465 e. The fraction of sp³-hybridized carbons (Fsp3) is 0.846. The van der Waals surface area contributed by atoms with Crippen molar-refractivity contribution in [2.75, 3.05) is 18.5 Å². The van der Waals surface area contributed by atoms with E-state index < -0.39 is 17.9 Å². The summed E-state index contributed by atoms with van der Waals surface area (Å²) in [4.78, 5) is 23.1. The number of alkyl halides is 1. The van der Waals surface area contributed by atoms with Crippen molar-refractivity contribution in [1.82, 2.24) is 0 Å². The van der Waals surface area contributed by atoms with Gasteiger partial charge in [0.05, 0.1) is 13.2 Å². The Hall–Kier alpha value is -0.580. The van der Waals surface area contributed by atoms with Gasteiger partial charge >= 0.3 is 11.9 Å². The van der Waals surface area contributed by atoms with Crippen LogP contribution in [0.5, 0.6) is 0 Å². The van der Waals surface area contributed by atoms with Gasteiger partial charge in [0.25, 0.3) is 0 Å². The van der Waals surface area contributed by atoms with Crippen LogP contribution in [0.15, 0.2) is 0 Å². The fourth-order valence-electron chi connectivity index (χ4n) is 1.50. The Balaban J connectivity index is 3.80. The summed E-state index contributed by atoms with van der Waals surface area (Å²) in [5, 5.41) is 1.01. The molecule has 0 aromatic carbocycles. The van der Waals surface area contributed by atoms with Crippen LogP contribution in [0.25, 0.3) is 0 Å². The summed E-state index contributed by atoms with van der Waals surface area (Å²) < 4.78 is 9.92. The van der Waals surface area contributed by atoms with E-state index in [1.165, 1.54) is 0 Å². The van der Waals surface area contributed by atoms with Crippen molar-refractivity contribution in [2.45, 2.75) is 46.0 Å². The minimum atomic E-state index is -0.771. The molecule has 1 atom stereocenters. The molecule has 0 aliphatic heterocycles. The molecule has 0 rings (SSSR count). The topological polar surface area (TPSA) is 52.6 Å². The first-order valence-electron chi connectivity index (χ1n) is 6.56. The lowest BCUT2D eigenvalue weighted by Crippen LogP contribution is -2.27. The second kappa shape index (κ2) is 11.5. The van der Waals surface area contributed by atoms with Crippen molar-refractivity contribution in [3.63, 3.8) is 0 Å². The van der Waals surface area contributed by atoms with Gasteiger partial charge in [0, 0.05) is 5.33 Å². The Labute approximate surface area is 118 Å². The first kappa shape index (κ1) is 17.4.